The number of carbonyl (C=O) groups excluding carboxylic acids is 2. The highest BCUT2D eigenvalue weighted by atomic mass is 16.5. The lowest BCUT2D eigenvalue weighted by Gasteiger charge is -2.09. The summed E-state index contributed by atoms with van der Waals surface area (Å²) in [6, 6.07) is 15.5. The number of carbonyl (C=O) groups is 2. The summed E-state index contributed by atoms with van der Waals surface area (Å²) < 4.78 is 6.61. The van der Waals surface area contributed by atoms with Crippen LogP contribution in [0.4, 0.5) is 11.4 Å². The van der Waals surface area contributed by atoms with Crippen LogP contribution in [-0.2, 0) is 0 Å². The third kappa shape index (κ3) is 4.46. The molecule has 9 heteroatoms. The van der Waals surface area contributed by atoms with E-state index in [1.54, 1.807) is 54.2 Å². The first-order chi connectivity index (χ1) is 15.5. The van der Waals surface area contributed by atoms with Gasteiger partial charge in [-0.05, 0) is 43.3 Å². The summed E-state index contributed by atoms with van der Waals surface area (Å²) in [6.45, 7) is 1.79. The molecule has 0 bridgehead atoms. The molecule has 2 N–H and O–H groups in total. The molecule has 0 aliphatic heterocycles. The van der Waals surface area contributed by atoms with Crippen LogP contribution in [0.25, 0.3) is 5.82 Å². The van der Waals surface area contributed by atoms with Crippen LogP contribution in [-0.4, -0.2) is 38.7 Å². The fourth-order valence-corrected chi connectivity index (χ4v) is 3.06. The lowest BCUT2D eigenvalue weighted by Crippen LogP contribution is -2.15. The average molecular weight is 428 g/mol. The van der Waals surface area contributed by atoms with Crippen molar-refractivity contribution in [3.8, 4) is 11.7 Å². The van der Waals surface area contributed by atoms with Gasteiger partial charge >= 0.3 is 0 Å². The van der Waals surface area contributed by atoms with Crippen LogP contribution in [0.1, 0.15) is 26.4 Å². The summed E-state index contributed by atoms with van der Waals surface area (Å²) >= 11 is 0. The van der Waals surface area contributed by atoms with Gasteiger partial charge in [-0.1, -0.05) is 12.1 Å². The van der Waals surface area contributed by atoms with Gasteiger partial charge < -0.3 is 15.4 Å². The molecule has 32 heavy (non-hydrogen) atoms. The number of aromatic nitrogens is 4. The number of amides is 2. The van der Waals surface area contributed by atoms with E-state index >= 15 is 0 Å². The molecule has 0 fully saturated rings. The zero-order chi connectivity index (χ0) is 22.5. The Morgan fingerprint density at radius 3 is 2.47 bits per heavy atom. The van der Waals surface area contributed by atoms with E-state index in [2.05, 4.69) is 25.7 Å². The topological polar surface area (TPSA) is 111 Å². The number of methoxy groups -OCH3 is 1. The lowest BCUT2D eigenvalue weighted by atomic mass is 10.1. The first kappa shape index (κ1) is 20.7. The molecule has 3 aromatic heterocycles. The van der Waals surface area contributed by atoms with E-state index in [4.69, 9.17) is 4.74 Å². The maximum atomic E-state index is 12.8. The highest BCUT2D eigenvalue weighted by molar-refractivity contribution is 6.07. The Morgan fingerprint density at radius 1 is 0.906 bits per heavy atom. The number of ether oxygens (including phenoxy) is 1. The first-order valence-corrected chi connectivity index (χ1v) is 9.74. The lowest BCUT2D eigenvalue weighted by molar-refractivity contribution is 0.101. The largest absolute Gasteiger partial charge is 0.481 e. The van der Waals surface area contributed by atoms with E-state index in [0.717, 1.165) is 0 Å². The van der Waals surface area contributed by atoms with Crippen molar-refractivity contribution in [2.24, 2.45) is 0 Å². The predicted octanol–water partition coefficient (Wildman–Crippen LogP) is 3.48. The molecule has 0 atom stereocenters. The second-order valence-corrected chi connectivity index (χ2v) is 6.82. The number of hydrogen-bond acceptors (Lipinski definition) is 6. The molecule has 4 aromatic rings. The standard InChI is InChI=1S/C23H20N6O3/c1-15-19(14-26-29(15)20-8-3-4-11-24-20)23(31)27-17-7-5-6-16(12-17)22(30)28-18-9-10-21(32-2)25-13-18/h3-14H,1-2H3,(H,27,31)(H,28,30). The van der Waals surface area contributed by atoms with Crippen molar-refractivity contribution in [3.63, 3.8) is 0 Å². The SMILES string of the molecule is COc1ccc(NC(=O)c2cccc(NC(=O)c3cnn(-c4ccccn4)c3C)c2)cn1. The van der Waals surface area contributed by atoms with Crippen LogP contribution in [0, 0.1) is 6.92 Å². The molecule has 0 spiro atoms. The Balaban J connectivity index is 1.47. The van der Waals surface area contributed by atoms with Gasteiger partial charge in [0, 0.05) is 23.5 Å². The minimum Gasteiger partial charge on any atom is -0.481 e. The Hall–Kier alpha value is -4.53. The molecule has 0 radical (unpaired) electrons. The highest BCUT2D eigenvalue weighted by Gasteiger charge is 2.16. The molecular weight excluding hydrogens is 408 g/mol. The summed E-state index contributed by atoms with van der Waals surface area (Å²) in [6.07, 6.45) is 4.66. The first-order valence-electron chi connectivity index (χ1n) is 9.74. The number of pyridine rings is 2. The maximum absolute atomic E-state index is 12.8. The van der Waals surface area contributed by atoms with Crippen molar-refractivity contribution in [2.75, 3.05) is 17.7 Å². The fourth-order valence-electron chi connectivity index (χ4n) is 3.06. The smallest absolute Gasteiger partial charge is 0.259 e. The normalized spacial score (nSPS) is 10.4. The molecule has 0 saturated carbocycles. The molecule has 2 amide bonds. The number of nitrogens with one attached hydrogen (secondary N) is 2. The van der Waals surface area contributed by atoms with Gasteiger partial charge in [0.1, 0.15) is 0 Å². The Morgan fingerprint density at radius 2 is 1.75 bits per heavy atom. The van der Waals surface area contributed by atoms with E-state index in [9.17, 15) is 9.59 Å². The van der Waals surface area contributed by atoms with Gasteiger partial charge in [0.15, 0.2) is 5.82 Å². The summed E-state index contributed by atoms with van der Waals surface area (Å²) in [5.41, 5.74) is 2.47. The van der Waals surface area contributed by atoms with E-state index in [1.165, 1.54) is 19.5 Å². The van der Waals surface area contributed by atoms with Crippen LogP contribution in [0.15, 0.2) is 73.2 Å². The van der Waals surface area contributed by atoms with E-state index in [0.29, 0.717) is 39.9 Å². The molecule has 160 valence electrons. The van der Waals surface area contributed by atoms with Crippen molar-refractivity contribution in [1.82, 2.24) is 19.7 Å². The van der Waals surface area contributed by atoms with Gasteiger partial charge in [-0.15, -0.1) is 0 Å². The maximum Gasteiger partial charge on any atom is 0.259 e. The second-order valence-electron chi connectivity index (χ2n) is 6.82. The van der Waals surface area contributed by atoms with Gasteiger partial charge in [0.2, 0.25) is 5.88 Å². The van der Waals surface area contributed by atoms with E-state index in [1.807, 2.05) is 18.2 Å². The van der Waals surface area contributed by atoms with Crippen LogP contribution < -0.4 is 15.4 Å². The third-order valence-corrected chi connectivity index (χ3v) is 4.71. The predicted molar refractivity (Wildman–Crippen MR) is 119 cm³/mol. The molecule has 0 unspecified atom stereocenters. The fraction of sp³-hybridized carbons (Fsp3) is 0.0870. The third-order valence-electron chi connectivity index (χ3n) is 4.71. The summed E-state index contributed by atoms with van der Waals surface area (Å²) in [4.78, 5) is 33.7. The molecule has 0 aliphatic carbocycles. The quantitative estimate of drug-likeness (QED) is 0.486. The monoisotopic (exact) mass is 428 g/mol. The summed E-state index contributed by atoms with van der Waals surface area (Å²) in [7, 11) is 1.52. The van der Waals surface area contributed by atoms with Crippen molar-refractivity contribution in [3.05, 3.63) is 90.0 Å². The van der Waals surface area contributed by atoms with Crippen molar-refractivity contribution < 1.29 is 14.3 Å². The zero-order valence-electron chi connectivity index (χ0n) is 17.4. The van der Waals surface area contributed by atoms with Crippen LogP contribution >= 0.6 is 0 Å². The number of hydrogen-bond donors (Lipinski definition) is 2. The van der Waals surface area contributed by atoms with Gasteiger partial charge in [0.25, 0.3) is 11.8 Å². The van der Waals surface area contributed by atoms with Crippen LogP contribution in [0.3, 0.4) is 0 Å². The van der Waals surface area contributed by atoms with Gasteiger partial charge in [-0.3, -0.25) is 9.59 Å². The van der Waals surface area contributed by atoms with E-state index in [-0.39, 0.29) is 11.8 Å². The number of anilines is 2. The number of rotatable bonds is 6. The molecule has 3 heterocycles. The molecule has 0 aliphatic rings. The second kappa shape index (κ2) is 9.09. The molecule has 0 saturated heterocycles. The minimum absolute atomic E-state index is 0.327. The van der Waals surface area contributed by atoms with Crippen molar-refractivity contribution >= 4 is 23.2 Å². The average Bonchev–Trinajstić information content (AvgIpc) is 3.21. The highest BCUT2D eigenvalue weighted by Crippen LogP contribution is 2.18. The van der Waals surface area contributed by atoms with Crippen LogP contribution in [0.2, 0.25) is 0 Å². The minimum atomic E-state index is -0.332. The van der Waals surface area contributed by atoms with E-state index < -0.39 is 0 Å². The zero-order valence-corrected chi connectivity index (χ0v) is 17.4. The molecule has 9 nitrogen and oxygen atoms in total. The Labute approximate surface area is 184 Å². The van der Waals surface area contributed by atoms with Gasteiger partial charge in [0.05, 0.1) is 36.4 Å². The molecular formula is C23H20N6O3. The van der Waals surface area contributed by atoms with Crippen molar-refractivity contribution in [2.45, 2.75) is 6.92 Å². The number of nitrogens with zero attached hydrogens (tertiary/aromatic N) is 4. The van der Waals surface area contributed by atoms with Gasteiger partial charge in [-0.2, -0.15) is 5.10 Å². The summed E-state index contributed by atoms with van der Waals surface area (Å²) in [5, 5.41) is 9.85. The Kier molecular flexibility index (Phi) is 5.89. The van der Waals surface area contributed by atoms with Crippen LogP contribution in [0.5, 0.6) is 5.88 Å². The summed E-state index contributed by atoms with van der Waals surface area (Å²) in [5.74, 6) is 0.416. The Bertz CT molecular complexity index is 1250. The van der Waals surface area contributed by atoms with Crippen molar-refractivity contribution in [1.29, 1.82) is 0 Å². The number of benzene rings is 1. The molecule has 4 rings (SSSR count). The molecule has 1 aromatic carbocycles. The van der Waals surface area contributed by atoms with Gasteiger partial charge in [-0.25, -0.2) is 14.6 Å².